The maximum absolute atomic E-state index is 12.8. The predicted molar refractivity (Wildman–Crippen MR) is 114 cm³/mol. The van der Waals surface area contributed by atoms with Gasteiger partial charge >= 0.3 is 0 Å². The number of nitrogens with one attached hydrogen (secondary N) is 2. The summed E-state index contributed by atoms with van der Waals surface area (Å²) in [5.41, 5.74) is 9.13. The Hall–Kier alpha value is -3.07. The van der Waals surface area contributed by atoms with Gasteiger partial charge in [-0.25, -0.2) is 0 Å². The smallest absolute Gasteiger partial charge is 0.255 e. The monoisotopic (exact) mass is 358 g/mol. The third-order valence-corrected chi connectivity index (χ3v) is 4.63. The molecule has 27 heavy (non-hydrogen) atoms. The van der Waals surface area contributed by atoms with E-state index in [1.54, 1.807) is 0 Å². The van der Waals surface area contributed by atoms with Crippen molar-refractivity contribution < 1.29 is 4.79 Å². The number of carbonyl (C=O) groups is 1. The Morgan fingerprint density at radius 2 is 1.26 bits per heavy atom. The van der Waals surface area contributed by atoms with Gasteiger partial charge in [0.2, 0.25) is 0 Å². The molecule has 2 N–H and O–H groups in total. The number of aryl methyl sites for hydroxylation is 5. The van der Waals surface area contributed by atoms with Crippen LogP contribution >= 0.6 is 0 Å². The van der Waals surface area contributed by atoms with Crippen LogP contribution in [0.3, 0.4) is 0 Å². The quantitative estimate of drug-likeness (QED) is 0.581. The van der Waals surface area contributed by atoms with Crippen LogP contribution in [-0.4, -0.2) is 5.91 Å². The highest BCUT2D eigenvalue weighted by Gasteiger charge is 2.10. The Morgan fingerprint density at radius 3 is 1.85 bits per heavy atom. The largest absolute Gasteiger partial charge is 0.355 e. The second-order valence-electron chi connectivity index (χ2n) is 7.30. The second kappa shape index (κ2) is 7.67. The van der Waals surface area contributed by atoms with Crippen LogP contribution < -0.4 is 10.6 Å². The number of hydrogen-bond donors (Lipinski definition) is 2. The molecule has 1 amide bonds. The average Bonchev–Trinajstić information content (AvgIpc) is 2.59. The molecule has 0 aliphatic carbocycles. The van der Waals surface area contributed by atoms with Crippen molar-refractivity contribution >= 4 is 23.0 Å². The zero-order chi connectivity index (χ0) is 19.6. The number of hydrogen-bond acceptors (Lipinski definition) is 2. The summed E-state index contributed by atoms with van der Waals surface area (Å²) in [5, 5.41) is 6.46. The number of benzene rings is 3. The van der Waals surface area contributed by atoms with Gasteiger partial charge in [-0.15, -0.1) is 0 Å². The highest BCUT2D eigenvalue weighted by atomic mass is 16.1. The van der Waals surface area contributed by atoms with Crippen LogP contribution in [0.2, 0.25) is 0 Å². The SMILES string of the molecule is Cc1cc(Nc2ccc(C)cc2C)cc(C(=O)Nc2ccc(C)cc2C)c1. The summed E-state index contributed by atoms with van der Waals surface area (Å²) >= 11 is 0. The lowest BCUT2D eigenvalue weighted by Crippen LogP contribution is -2.13. The minimum Gasteiger partial charge on any atom is -0.355 e. The Morgan fingerprint density at radius 1 is 0.667 bits per heavy atom. The third kappa shape index (κ3) is 4.56. The summed E-state index contributed by atoms with van der Waals surface area (Å²) in [6, 6.07) is 18.2. The standard InChI is InChI=1S/C24H26N2O/c1-15-6-8-22(18(4)10-15)25-21-13-17(3)12-20(14-21)24(27)26-23-9-7-16(2)11-19(23)5/h6-14,25H,1-5H3,(H,26,27). The van der Waals surface area contributed by atoms with Crippen molar-refractivity contribution in [2.24, 2.45) is 0 Å². The summed E-state index contributed by atoms with van der Waals surface area (Å²) in [7, 11) is 0. The van der Waals surface area contributed by atoms with Crippen molar-refractivity contribution in [3.05, 3.63) is 88.0 Å². The fraction of sp³-hybridized carbons (Fsp3) is 0.208. The molecule has 0 unspecified atom stereocenters. The Labute approximate surface area is 161 Å². The summed E-state index contributed by atoms with van der Waals surface area (Å²) < 4.78 is 0. The number of carbonyl (C=O) groups excluding carboxylic acids is 1. The molecule has 0 bridgehead atoms. The van der Waals surface area contributed by atoms with E-state index in [0.29, 0.717) is 5.56 Å². The molecular formula is C24H26N2O. The maximum Gasteiger partial charge on any atom is 0.255 e. The van der Waals surface area contributed by atoms with Gasteiger partial charge in [0.05, 0.1) is 0 Å². The summed E-state index contributed by atoms with van der Waals surface area (Å²) in [4.78, 5) is 12.8. The maximum atomic E-state index is 12.8. The molecule has 0 saturated carbocycles. The van der Waals surface area contributed by atoms with E-state index in [4.69, 9.17) is 0 Å². The molecular weight excluding hydrogens is 332 g/mol. The van der Waals surface area contributed by atoms with Crippen molar-refractivity contribution in [2.75, 3.05) is 10.6 Å². The van der Waals surface area contributed by atoms with Crippen molar-refractivity contribution in [1.29, 1.82) is 0 Å². The molecule has 138 valence electrons. The van der Waals surface area contributed by atoms with Crippen LogP contribution in [0.4, 0.5) is 17.1 Å². The number of anilines is 3. The molecule has 0 heterocycles. The minimum atomic E-state index is -0.102. The van der Waals surface area contributed by atoms with E-state index >= 15 is 0 Å². The normalized spacial score (nSPS) is 10.6. The van der Waals surface area contributed by atoms with Gasteiger partial charge < -0.3 is 10.6 Å². The molecule has 0 atom stereocenters. The third-order valence-electron chi connectivity index (χ3n) is 4.63. The zero-order valence-electron chi connectivity index (χ0n) is 16.6. The van der Waals surface area contributed by atoms with Crippen molar-refractivity contribution in [3.8, 4) is 0 Å². The molecule has 3 rings (SSSR count). The molecule has 0 radical (unpaired) electrons. The van der Waals surface area contributed by atoms with E-state index in [1.165, 1.54) is 16.7 Å². The highest BCUT2D eigenvalue weighted by Crippen LogP contribution is 2.24. The molecule has 3 aromatic carbocycles. The Balaban J connectivity index is 1.85. The van der Waals surface area contributed by atoms with Gasteiger partial charge in [-0.2, -0.15) is 0 Å². The van der Waals surface area contributed by atoms with E-state index in [0.717, 1.165) is 28.2 Å². The first-order valence-corrected chi connectivity index (χ1v) is 9.16. The van der Waals surface area contributed by atoms with Crippen LogP contribution in [0.15, 0.2) is 54.6 Å². The first kappa shape index (κ1) is 18.7. The Kier molecular flexibility index (Phi) is 5.31. The first-order chi connectivity index (χ1) is 12.8. The van der Waals surface area contributed by atoms with Gasteiger partial charge in [0.15, 0.2) is 0 Å². The van der Waals surface area contributed by atoms with Crippen LogP contribution in [0, 0.1) is 34.6 Å². The van der Waals surface area contributed by atoms with Crippen molar-refractivity contribution in [2.45, 2.75) is 34.6 Å². The van der Waals surface area contributed by atoms with Gasteiger partial charge in [0.25, 0.3) is 5.91 Å². The second-order valence-corrected chi connectivity index (χ2v) is 7.30. The molecule has 0 spiro atoms. The molecule has 0 aromatic heterocycles. The topological polar surface area (TPSA) is 41.1 Å². The van der Waals surface area contributed by atoms with Gasteiger partial charge in [0, 0.05) is 22.6 Å². The molecule has 0 aliphatic heterocycles. The van der Waals surface area contributed by atoms with Gasteiger partial charge in [-0.3, -0.25) is 4.79 Å². The van der Waals surface area contributed by atoms with Gasteiger partial charge in [-0.1, -0.05) is 35.4 Å². The predicted octanol–water partition coefficient (Wildman–Crippen LogP) is 6.22. The summed E-state index contributed by atoms with van der Waals surface area (Å²) in [5.74, 6) is -0.102. The molecule has 0 aliphatic rings. The fourth-order valence-corrected chi connectivity index (χ4v) is 3.24. The van der Waals surface area contributed by atoms with Crippen LogP contribution in [-0.2, 0) is 0 Å². The summed E-state index contributed by atoms with van der Waals surface area (Å²) in [6.45, 7) is 10.2. The van der Waals surface area contributed by atoms with E-state index in [2.05, 4.69) is 48.7 Å². The zero-order valence-corrected chi connectivity index (χ0v) is 16.6. The highest BCUT2D eigenvalue weighted by molar-refractivity contribution is 6.05. The van der Waals surface area contributed by atoms with Crippen LogP contribution in [0.5, 0.6) is 0 Å². The number of rotatable bonds is 4. The van der Waals surface area contributed by atoms with Gasteiger partial charge in [0.1, 0.15) is 0 Å². The van der Waals surface area contributed by atoms with E-state index in [9.17, 15) is 4.79 Å². The lowest BCUT2D eigenvalue weighted by molar-refractivity contribution is 0.102. The van der Waals surface area contributed by atoms with Crippen molar-refractivity contribution in [3.63, 3.8) is 0 Å². The van der Waals surface area contributed by atoms with E-state index in [-0.39, 0.29) is 5.91 Å². The molecule has 3 nitrogen and oxygen atoms in total. The van der Waals surface area contributed by atoms with Crippen LogP contribution in [0.1, 0.15) is 38.2 Å². The molecule has 0 fully saturated rings. The lowest BCUT2D eigenvalue weighted by Gasteiger charge is -2.14. The van der Waals surface area contributed by atoms with Crippen molar-refractivity contribution in [1.82, 2.24) is 0 Å². The summed E-state index contributed by atoms with van der Waals surface area (Å²) in [6.07, 6.45) is 0. The minimum absolute atomic E-state index is 0.102. The lowest BCUT2D eigenvalue weighted by atomic mass is 10.1. The molecule has 3 heteroatoms. The van der Waals surface area contributed by atoms with Crippen LogP contribution in [0.25, 0.3) is 0 Å². The van der Waals surface area contributed by atoms with Gasteiger partial charge in [-0.05, 0) is 81.6 Å². The fourth-order valence-electron chi connectivity index (χ4n) is 3.24. The van der Waals surface area contributed by atoms with E-state index < -0.39 is 0 Å². The molecule has 0 saturated heterocycles. The molecule has 3 aromatic rings. The Bertz CT molecular complexity index is 1010. The average molecular weight is 358 g/mol. The first-order valence-electron chi connectivity index (χ1n) is 9.16. The van der Waals surface area contributed by atoms with E-state index in [1.807, 2.05) is 51.1 Å². The number of amides is 1.